The molecule has 0 fully saturated rings. The van der Waals surface area contributed by atoms with E-state index < -0.39 is 0 Å². The molecule has 6 heteroatoms. The van der Waals surface area contributed by atoms with Gasteiger partial charge in [0.15, 0.2) is 4.80 Å². The lowest BCUT2D eigenvalue weighted by atomic mass is 10.2. The Bertz CT molecular complexity index is 691. The second-order valence-electron chi connectivity index (χ2n) is 4.72. The van der Waals surface area contributed by atoms with Crippen molar-refractivity contribution in [1.29, 1.82) is 0 Å². The molecule has 0 unspecified atom stereocenters. The van der Waals surface area contributed by atoms with Gasteiger partial charge >= 0.3 is 0 Å². The monoisotopic (exact) mass is 326 g/mol. The van der Waals surface area contributed by atoms with Crippen molar-refractivity contribution >= 4 is 39.1 Å². The summed E-state index contributed by atoms with van der Waals surface area (Å²) in [6.07, 6.45) is 2.35. The SMILES string of the molecule is CCCCC(=O)N=c1sc2cccc(Cl)c2n1CCOC. The molecule has 4 nitrogen and oxygen atoms in total. The van der Waals surface area contributed by atoms with Crippen molar-refractivity contribution in [3.8, 4) is 0 Å². The molecule has 0 aliphatic carbocycles. The molecule has 0 bridgehead atoms. The summed E-state index contributed by atoms with van der Waals surface area (Å²) >= 11 is 7.78. The number of methoxy groups -OCH3 is 1. The Kier molecular flexibility index (Phi) is 5.96. The summed E-state index contributed by atoms with van der Waals surface area (Å²) < 4.78 is 8.14. The molecule has 0 aliphatic rings. The molecule has 2 rings (SSSR count). The number of aromatic nitrogens is 1. The Morgan fingerprint density at radius 1 is 1.48 bits per heavy atom. The first-order valence-electron chi connectivity index (χ1n) is 7.01. The summed E-state index contributed by atoms with van der Waals surface area (Å²) in [5.74, 6) is -0.0781. The lowest BCUT2D eigenvalue weighted by Crippen LogP contribution is -2.19. The molecule has 0 N–H and O–H groups in total. The molecule has 1 aromatic heterocycles. The maximum absolute atomic E-state index is 11.9. The number of thiazole rings is 1. The van der Waals surface area contributed by atoms with Gasteiger partial charge in [0.2, 0.25) is 5.91 Å². The van der Waals surface area contributed by atoms with Crippen LogP contribution in [0.4, 0.5) is 0 Å². The van der Waals surface area contributed by atoms with Gasteiger partial charge in [0.05, 0.1) is 21.8 Å². The summed E-state index contributed by atoms with van der Waals surface area (Å²) in [4.78, 5) is 16.9. The fraction of sp³-hybridized carbons (Fsp3) is 0.467. The third kappa shape index (κ3) is 3.93. The highest BCUT2D eigenvalue weighted by molar-refractivity contribution is 7.16. The second kappa shape index (κ2) is 7.73. The van der Waals surface area contributed by atoms with Crippen LogP contribution in [-0.2, 0) is 16.1 Å². The van der Waals surface area contributed by atoms with Crippen molar-refractivity contribution in [2.75, 3.05) is 13.7 Å². The summed E-state index contributed by atoms with van der Waals surface area (Å²) in [6.45, 7) is 3.23. The molecule has 0 radical (unpaired) electrons. The van der Waals surface area contributed by atoms with E-state index in [-0.39, 0.29) is 5.91 Å². The zero-order valence-corrected chi connectivity index (χ0v) is 13.8. The highest BCUT2D eigenvalue weighted by Crippen LogP contribution is 2.25. The smallest absolute Gasteiger partial charge is 0.248 e. The number of benzene rings is 1. The Morgan fingerprint density at radius 3 is 3.00 bits per heavy atom. The molecule has 21 heavy (non-hydrogen) atoms. The number of hydrogen-bond donors (Lipinski definition) is 0. The van der Waals surface area contributed by atoms with E-state index in [0.717, 1.165) is 23.1 Å². The maximum Gasteiger partial charge on any atom is 0.248 e. The number of rotatable bonds is 6. The number of amides is 1. The minimum Gasteiger partial charge on any atom is -0.383 e. The van der Waals surface area contributed by atoms with E-state index in [2.05, 4.69) is 11.9 Å². The van der Waals surface area contributed by atoms with Gasteiger partial charge in [0.1, 0.15) is 0 Å². The second-order valence-corrected chi connectivity index (χ2v) is 6.14. The molecule has 0 spiro atoms. The fourth-order valence-electron chi connectivity index (χ4n) is 2.05. The van der Waals surface area contributed by atoms with Gasteiger partial charge in [-0.1, -0.05) is 42.3 Å². The summed E-state index contributed by atoms with van der Waals surface area (Å²) in [7, 11) is 1.65. The van der Waals surface area contributed by atoms with Gasteiger partial charge in [0.25, 0.3) is 0 Å². The fourth-order valence-corrected chi connectivity index (χ4v) is 3.49. The van der Waals surface area contributed by atoms with E-state index >= 15 is 0 Å². The van der Waals surface area contributed by atoms with Crippen LogP contribution in [0.25, 0.3) is 10.2 Å². The first-order valence-corrected chi connectivity index (χ1v) is 8.21. The van der Waals surface area contributed by atoms with Crippen molar-refractivity contribution in [2.45, 2.75) is 32.7 Å². The van der Waals surface area contributed by atoms with Crippen LogP contribution >= 0.6 is 22.9 Å². The molecule has 114 valence electrons. The average molecular weight is 327 g/mol. The summed E-state index contributed by atoms with van der Waals surface area (Å²) in [5, 5.41) is 0.669. The van der Waals surface area contributed by atoms with Gasteiger partial charge in [-0.2, -0.15) is 4.99 Å². The van der Waals surface area contributed by atoms with E-state index in [1.807, 2.05) is 22.8 Å². The Balaban J connectivity index is 2.49. The topological polar surface area (TPSA) is 43.6 Å². The van der Waals surface area contributed by atoms with Crippen LogP contribution in [0.3, 0.4) is 0 Å². The largest absolute Gasteiger partial charge is 0.383 e. The van der Waals surface area contributed by atoms with Gasteiger partial charge < -0.3 is 9.30 Å². The van der Waals surface area contributed by atoms with Crippen molar-refractivity contribution in [3.05, 3.63) is 28.0 Å². The molecule has 0 aliphatic heterocycles. The van der Waals surface area contributed by atoms with Gasteiger partial charge in [-0.3, -0.25) is 4.79 Å². The maximum atomic E-state index is 11.9. The third-order valence-electron chi connectivity index (χ3n) is 3.14. The summed E-state index contributed by atoms with van der Waals surface area (Å²) in [5.41, 5.74) is 0.920. The average Bonchev–Trinajstić information content (AvgIpc) is 2.81. The zero-order chi connectivity index (χ0) is 15.2. The van der Waals surface area contributed by atoms with Crippen LogP contribution in [0.1, 0.15) is 26.2 Å². The van der Waals surface area contributed by atoms with Gasteiger partial charge in [-0.05, 0) is 18.6 Å². The van der Waals surface area contributed by atoms with Crippen LogP contribution in [0.2, 0.25) is 5.02 Å². The molecule has 0 saturated carbocycles. The Morgan fingerprint density at radius 2 is 2.29 bits per heavy atom. The van der Waals surface area contributed by atoms with Gasteiger partial charge in [0, 0.05) is 20.1 Å². The molecule has 0 atom stereocenters. The van der Waals surface area contributed by atoms with Crippen LogP contribution in [0.5, 0.6) is 0 Å². The number of fused-ring (bicyclic) bond motifs is 1. The molecule has 1 aromatic carbocycles. The van der Waals surface area contributed by atoms with Gasteiger partial charge in [-0.25, -0.2) is 0 Å². The van der Waals surface area contributed by atoms with E-state index in [4.69, 9.17) is 16.3 Å². The number of ether oxygens (including phenoxy) is 1. The number of nitrogens with zero attached hydrogens (tertiary/aromatic N) is 2. The normalized spacial score (nSPS) is 12.2. The van der Waals surface area contributed by atoms with E-state index in [1.165, 1.54) is 11.3 Å². The number of para-hydroxylation sites is 1. The first kappa shape index (κ1) is 16.2. The lowest BCUT2D eigenvalue weighted by Gasteiger charge is -2.05. The molecule has 1 heterocycles. The predicted octanol–water partition coefficient (Wildman–Crippen LogP) is 3.62. The molecular weight excluding hydrogens is 308 g/mol. The zero-order valence-electron chi connectivity index (χ0n) is 12.3. The molecular formula is C15H19ClN2O2S. The molecule has 1 amide bonds. The van der Waals surface area contributed by atoms with Crippen molar-refractivity contribution in [1.82, 2.24) is 4.57 Å². The number of unbranched alkanes of at least 4 members (excludes halogenated alkanes) is 1. The third-order valence-corrected chi connectivity index (χ3v) is 4.48. The number of hydrogen-bond acceptors (Lipinski definition) is 3. The highest BCUT2D eigenvalue weighted by atomic mass is 35.5. The van der Waals surface area contributed by atoms with Crippen LogP contribution in [0.15, 0.2) is 23.2 Å². The van der Waals surface area contributed by atoms with Crippen molar-refractivity contribution < 1.29 is 9.53 Å². The van der Waals surface area contributed by atoms with Crippen molar-refractivity contribution in [2.24, 2.45) is 4.99 Å². The van der Waals surface area contributed by atoms with E-state index in [0.29, 0.717) is 29.4 Å². The quantitative estimate of drug-likeness (QED) is 0.813. The minimum atomic E-state index is -0.0781. The number of carbonyl (C=O) groups is 1. The number of halogens is 1. The Labute approximate surface area is 133 Å². The molecule has 2 aromatic rings. The molecule has 0 saturated heterocycles. The number of carbonyl (C=O) groups excluding carboxylic acids is 1. The first-order chi connectivity index (χ1) is 10.2. The Hall–Kier alpha value is -1.17. The standard InChI is InChI=1S/C15H19ClN2O2S/c1-3-4-8-13(19)17-15-18(9-10-20-2)14-11(16)6-5-7-12(14)21-15/h5-7H,3-4,8-10H2,1-2H3. The van der Waals surface area contributed by atoms with Crippen LogP contribution in [0, 0.1) is 0 Å². The van der Waals surface area contributed by atoms with Crippen molar-refractivity contribution in [3.63, 3.8) is 0 Å². The minimum absolute atomic E-state index is 0.0781. The lowest BCUT2D eigenvalue weighted by molar-refractivity contribution is -0.118. The van der Waals surface area contributed by atoms with Crippen LogP contribution in [-0.4, -0.2) is 24.2 Å². The van der Waals surface area contributed by atoms with Gasteiger partial charge in [-0.15, -0.1) is 0 Å². The summed E-state index contributed by atoms with van der Waals surface area (Å²) in [6, 6.07) is 5.75. The van der Waals surface area contributed by atoms with Crippen LogP contribution < -0.4 is 4.80 Å². The predicted molar refractivity (Wildman–Crippen MR) is 86.8 cm³/mol. The highest BCUT2D eigenvalue weighted by Gasteiger charge is 2.10. The van der Waals surface area contributed by atoms with E-state index in [1.54, 1.807) is 7.11 Å². The van der Waals surface area contributed by atoms with E-state index in [9.17, 15) is 4.79 Å².